The molecule has 0 fully saturated rings. The van der Waals surface area contributed by atoms with Gasteiger partial charge in [-0.25, -0.2) is 0 Å². The molecule has 0 aromatic heterocycles. The number of benzene rings is 1. The Labute approximate surface area is 81.9 Å². The number of rotatable bonds is 0. The van der Waals surface area contributed by atoms with E-state index >= 15 is 0 Å². The van der Waals surface area contributed by atoms with Crippen LogP contribution >= 0.6 is 0 Å². The summed E-state index contributed by atoms with van der Waals surface area (Å²) in [5, 5.41) is 8.64. The first-order valence-corrected chi connectivity index (χ1v) is 5.47. The Bertz CT molecular complexity index is 513. The largest absolute Gasteiger partial charge is 0.297 e. The molecule has 5 heteroatoms. The van der Waals surface area contributed by atoms with E-state index in [4.69, 9.17) is 5.26 Å². The quantitative estimate of drug-likeness (QED) is 0.593. The Balaban J connectivity index is 2.65. The van der Waals surface area contributed by atoms with Crippen LogP contribution in [0.1, 0.15) is 11.1 Å². The van der Waals surface area contributed by atoms with Crippen molar-refractivity contribution in [3.05, 3.63) is 29.3 Å². The van der Waals surface area contributed by atoms with Gasteiger partial charge in [-0.1, -0.05) is 0 Å². The van der Waals surface area contributed by atoms with Gasteiger partial charge in [0.2, 0.25) is 0 Å². The summed E-state index contributed by atoms with van der Waals surface area (Å²) in [6.07, 6.45) is 0.532. The lowest BCUT2D eigenvalue weighted by atomic mass is 10.1. The van der Waals surface area contributed by atoms with E-state index in [0.717, 1.165) is 0 Å². The second-order valence-electron chi connectivity index (χ2n) is 2.96. The van der Waals surface area contributed by atoms with Crippen molar-refractivity contribution in [2.75, 3.05) is 6.61 Å². The summed E-state index contributed by atoms with van der Waals surface area (Å²) in [7, 11) is -3.58. The highest BCUT2D eigenvalue weighted by Gasteiger charge is 2.24. The van der Waals surface area contributed by atoms with E-state index in [1.54, 1.807) is 6.07 Å². The van der Waals surface area contributed by atoms with Gasteiger partial charge in [0.15, 0.2) is 0 Å². The summed E-state index contributed by atoms with van der Waals surface area (Å²) < 4.78 is 27.4. The molecule has 0 radical (unpaired) electrons. The van der Waals surface area contributed by atoms with Gasteiger partial charge >= 0.3 is 0 Å². The maximum atomic E-state index is 11.4. The Kier molecular flexibility index (Phi) is 2.02. The zero-order valence-corrected chi connectivity index (χ0v) is 8.04. The van der Waals surface area contributed by atoms with Crippen LogP contribution in [0.5, 0.6) is 0 Å². The maximum Gasteiger partial charge on any atom is 0.297 e. The molecule has 0 saturated carbocycles. The molecule has 72 valence electrons. The molecular weight excluding hydrogens is 202 g/mol. The normalized spacial score (nSPS) is 18.2. The molecule has 2 rings (SSSR count). The van der Waals surface area contributed by atoms with Crippen LogP contribution in [-0.2, 0) is 20.7 Å². The summed E-state index contributed by atoms with van der Waals surface area (Å²) in [6.45, 7) is 0.157. The standard InChI is InChI=1S/C9H7NO3S/c10-6-7-1-2-9-8(5-7)3-4-13-14(9,11)12/h1-2,5H,3-4H2. The molecule has 0 bridgehead atoms. The Morgan fingerprint density at radius 1 is 1.43 bits per heavy atom. The first-order valence-electron chi connectivity index (χ1n) is 4.06. The van der Waals surface area contributed by atoms with Crippen LogP contribution in [0.2, 0.25) is 0 Å². The first kappa shape index (κ1) is 9.19. The van der Waals surface area contributed by atoms with Crippen molar-refractivity contribution in [3.8, 4) is 6.07 Å². The second-order valence-corrected chi connectivity index (χ2v) is 4.54. The molecule has 1 aliphatic heterocycles. The third kappa shape index (κ3) is 1.39. The van der Waals surface area contributed by atoms with Crippen LogP contribution in [0.3, 0.4) is 0 Å². The van der Waals surface area contributed by atoms with E-state index in [1.165, 1.54) is 12.1 Å². The van der Waals surface area contributed by atoms with E-state index in [9.17, 15) is 8.42 Å². The van der Waals surface area contributed by atoms with Gasteiger partial charge in [-0.3, -0.25) is 4.18 Å². The van der Waals surface area contributed by atoms with Crippen molar-refractivity contribution in [1.82, 2.24) is 0 Å². The highest BCUT2D eigenvalue weighted by Crippen LogP contribution is 2.24. The topological polar surface area (TPSA) is 67.2 Å². The van der Waals surface area contributed by atoms with Crippen LogP contribution in [0, 0.1) is 11.3 Å². The minimum absolute atomic E-state index is 0.157. The van der Waals surface area contributed by atoms with Crippen molar-refractivity contribution in [2.24, 2.45) is 0 Å². The Hall–Kier alpha value is -1.38. The minimum atomic E-state index is -3.58. The Morgan fingerprint density at radius 3 is 2.93 bits per heavy atom. The van der Waals surface area contributed by atoms with Gasteiger partial charge in [0.1, 0.15) is 0 Å². The molecule has 0 atom stereocenters. The molecule has 4 nitrogen and oxygen atoms in total. The van der Waals surface area contributed by atoms with Gasteiger partial charge in [-0.05, 0) is 30.2 Å². The number of fused-ring (bicyclic) bond motifs is 1. The van der Waals surface area contributed by atoms with Gasteiger partial charge < -0.3 is 0 Å². The molecule has 14 heavy (non-hydrogen) atoms. The molecule has 1 aromatic rings. The number of hydrogen-bond acceptors (Lipinski definition) is 4. The van der Waals surface area contributed by atoms with Crippen LogP contribution in [-0.4, -0.2) is 15.0 Å². The first-order chi connectivity index (χ1) is 6.63. The number of nitriles is 1. The van der Waals surface area contributed by atoms with Gasteiger partial charge in [0, 0.05) is 0 Å². The fourth-order valence-electron chi connectivity index (χ4n) is 1.41. The summed E-state index contributed by atoms with van der Waals surface area (Å²) in [5.41, 5.74) is 1.14. The summed E-state index contributed by atoms with van der Waals surface area (Å²) in [5.74, 6) is 0. The minimum Gasteiger partial charge on any atom is -0.266 e. The lowest BCUT2D eigenvalue weighted by molar-refractivity contribution is 0.309. The van der Waals surface area contributed by atoms with Crippen molar-refractivity contribution in [2.45, 2.75) is 11.3 Å². The lowest BCUT2D eigenvalue weighted by Crippen LogP contribution is -2.17. The summed E-state index contributed by atoms with van der Waals surface area (Å²) in [4.78, 5) is 0.183. The predicted molar refractivity (Wildman–Crippen MR) is 48.0 cm³/mol. The Morgan fingerprint density at radius 2 is 2.21 bits per heavy atom. The van der Waals surface area contributed by atoms with Gasteiger partial charge in [0.25, 0.3) is 10.1 Å². The van der Waals surface area contributed by atoms with E-state index in [0.29, 0.717) is 17.5 Å². The fraction of sp³-hybridized carbons (Fsp3) is 0.222. The third-order valence-electron chi connectivity index (χ3n) is 2.07. The molecule has 1 aliphatic rings. The average Bonchev–Trinajstić information content (AvgIpc) is 2.16. The molecule has 0 spiro atoms. The van der Waals surface area contributed by atoms with Gasteiger partial charge in [0.05, 0.1) is 23.1 Å². The van der Waals surface area contributed by atoms with Gasteiger partial charge in [-0.15, -0.1) is 0 Å². The van der Waals surface area contributed by atoms with E-state index < -0.39 is 10.1 Å². The molecule has 1 aromatic carbocycles. The fourth-order valence-corrected chi connectivity index (χ4v) is 2.56. The van der Waals surface area contributed by atoms with Crippen LogP contribution in [0.4, 0.5) is 0 Å². The predicted octanol–water partition coefficient (Wildman–Crippen LogP) is 0.820. The summed E-state index contributed by atoms with van der Waals surface area (Å²) in [6, 6.07) is 6.46. The van der Waals surface area contributed by atoms with Crippen molar-refractivity contribution in [3.63, 3.8) is 0 Å². The molecule has 0 unspecified atom stereocenters. The smallest absolute Gasteiger partial charge is 0.266 e. The van der Waals surface area contributed by atoms with Gasteiger partial charge in [-0.2, -0.15) is 13.7 Å². The number of nitrogens with zero attached hydrogens (tertiary/aromatic N) is 1. The van der Waals surface area contributed by atoms with Crippen LogP contribution in [0.25, 0.3) is 0 Å². The molecule has 1 heterocycles. The van der Waals surface area contributed by atoms with Crippen molar-refractivity contribution < 1.29 is 12.6 Å². The molecule has 0 aliphatic carbocycles. The molecular formula is C9H7NO3S. The van der Waals surface area contributed by atoms with E-state index in [1.807, 2.05) is 6.07 Å². The van der Waals surface area contributed by atoms with Crippen molar-refractivity contribution in [1.29, 1.82) is 5.26 Å². The van der Waals surface area contributed by atoms with E-state index in [2.05, 4.69) is 4.18 Å². The van der Waals surface area contributed by atoms with Crippen LogP contribution < -0.4 is 0 Å². The van der Waals surface area contributed by atoms with Crippen LogP contribution in [0.15, 0.2) is 23.1 Å². The SMILES string of the molecule is N#Cc1ccc2c(c1)CCOS2(=O)=O. The average molecular weight is 209 g/mol. The monoisotopic (exact) mass is 209 g/mol. The molecule has 0 N–H and O–H groups in total. The third-order valence-corrected chi connectivity index (χ3v) is 3.48. The molecule has 0 saturated heterocycles. The molecule has 0 amide bonds. The summed E-state index contributed by atoms with van der Waals surface area (Å²) >= 11 is 0. The zero-order chi connectivity index (χ0) is 10.2. The maximum absolute atomic E-state index is 11.4. The van der Waals surface area contributed by atoms with Crippen molar-refractivity contribution >= 4 is 10.1 Å². The second kappa shape index (κ2) is 3.08. The number of hydrogen-bond donors (Lipinski definition) is 0. The zero-order valence-electron chi connectivity index (χ0n) is 7.23. The highest BCUT2D eigenvalue weighted by molar-refractivity contribution is 7.86. The lowest BCUT2D eigenvalue weighted by Gasteiger charge is -2.15. The highest BCUT2D eigenvalue weighted by atomic mass is 32.2. The van der Waals surface area contributed by atoms with E-state index in [-0.39, 0.29) is 11.5 Å².